The number of aliphatic hydroxyl groups excluding tert-OH is 1. The van der Waals surface area contributed by atoms with Crippen LogP contribution in [-0.2, 0) is 0 Å². The minimum atomic E-state index is -0.0941. The van der Waals surface area contributed by atoms with Crippen LogP contribution in [0.1, 0.15) is 25.7 Å². The largest absolute Gasteiger partial charge is 0.393 e. The molecular formula is C8H11O. The molecule has 2 atom stereocenters. The minimum Gasteiger partial charge on any atom is -0.393 e. The van der Waals surface area contributed by atoms with E-state index >= 15 is 0 Å². The van der Waals surface area contributed by atoms with Crippen LogP contribution in [0, 0.1) is 18.3 Å². The Bertz CT molecular complexity index is 123. The van der Waals surface area contributed by atoms with Crippen molar-refractivity contribution in [3.05, 3.63) is 6.42 Å². The maximum Gasteiger partial charge on any atom is 0.0543 e. The molecule has 49 valence electrons. The normalized spacial score (nSPS) is 34.2. The van der Waals surface area contributed by atoms with E-state index < -0.39 is 0 Å². The second kappa shape index (κ2) is 2.89. The molecule has 0 spiro atoms. The van der Waals surface area contributed by atoms with Gasteiger partial charge in [0.1, 0.15) is 0 Å². The third-order valence-corrected chi connectivity index (χ3v) is 1.90. The summed E-state index contributed by atoms with van der Waals surface area (Å²) in [5, 5.41) is 9.04. The first kappa shape index (κ1) is 6.64. The Morgan fingerprint density at radius 1 is 1.56 bits per heavy atom. The highest BCUT2D eigenvalue weighted by molar-refractivity contribution is 4.85. The molecule has 1 radical (unpaired) electrons. The first-order valence-electron chi connectivity index (χ1n) is 3.40. The first-order chi connectivity index (χ1) is 4.33. The summed E-state index contributed by atoms with van der Waals surface area (Å²) in [4.78, 5) is 0. The summed E-state index contributed by atoms with van der Waals surface area (Å²) in [6, 6.07) is 0. The fourth-order valence-corrected chi connectivity index (χ4v) is 1.38. The highest BCUT2D eigenvalue weighted by Crippen LogP contribution is 2.27. The number of hydrogen-bond donors (Lipinski definition) is 1. The zero-order valence-corrected chi connectivity index (χ0v) is 5.43. The molecule has 0 saturated heterocycles. The summed E-state index contributed by atoms with van der Waals surface area (Å²) in [5.74, 6) is 2.91. The SMILES string of the molecule is [C]#CCC1CCC(O)C1. The molecule has 0 amide bonds. The third kappa shape index (κ3) is 1.73. The van der Waals surface area contributed by atoms with Crippen molar-refractivity contribution < 1.29 is 5.11 Å². The third-order valence-electron chi connectivity index (χ3n) is 1.90. The van der Waals surface area contributed by atoms with Crippen molar-refractivity contribution in [1.82, 2.24) is 0 Å². The lowest BCUT2D eigenvalue weighted by atomic mass is 10.1. The predicted molar refractivity (Wildman–Crippen MR) is 35.1 cm³/mol. The molecule has 1 aliphatic rings. The lowest BCUT2D eigenvalue weighted by Gasteiger charge is -2.01. The van der Waals surface area contributed by atoms with Gasteiger partial charge in [0.15, 0.2) is 0 Å². The van der Waals surface area contributed by atoms with Crippen molar-refractivity contribution in [3.8, 4) is 5.92 Å². The quantitative estimate of drug-likeness (QED) is 0.518. The van der Waals surface area contributed by atoms with Gasteiger partial charge in [-0.05, 0) is 31.6 Å². The fraction of sp³-hybridized carbons (Fsp3) is 0.750. The van der Waals surface area contributed by atoms with Gasteiger partial charge >= 0.3 is 0 Å². The topological polar surface area (TPSA) is 20.2 Å². The number of aliphatic hydroxyl groups is 1. The molecular weight excluding hydrogens is 112 g/mol. The van der Waals surface area contributed by atoms with Crippen LogP contribution in [0.15, 0.2) is 0 Å². The first-order valence-corrected chi connectivity index (χ1v) is 3.40. The lowest BCUT2D eigenvalue weighted by Crippen LogP contribution is -1.99. The summed E-state index contributed by atoms with van der Waals surface area (Å²) in [7, 11) is 0. The summed E-state index contributed by atoms with van der Waals surface area (Å²) in [6.45, 7) is 0. The van der Waals surface area contributed by atoms with Gasteiger partial charge in [0, 0.05) is 6.42 Å². The van der Waals surface area contributed by atoms with Gasteiger partial charge in [-0.3, -0.25) is 0 Å². The molecule has 0 heterocycles. The van der Waals surface area contributed by atoms with E-state index in [1.54, 1.807) is 0 Å². The van der Waals surface area contributed by atoms with Crippen molar-refractivity contribution >= 4 is 0 Å². The van der Waals surface area contributed by atoms with Crippen LogP contribution in [-0.4, -0.2) is 11.2 Å². The molecule has 1 N–H and O–H groups in total. The molecule has 0 aromatic carbocycles. The molecule has 0 bridgehead atoms. The monoisotopic (exact) mass is 123 g/mol. The average Bonchev–Trinajstić information content (AvgIpc) is 2.17. The predicted octanol–water partition coefficient (Wildman–Crippen LogP) is 1.13. The van der Waals surface area contributed by atoms with Crippen molar-refractivity contribution in [1.29, 1.82) is 0 Å². The Kier molecular flexibility index (Phi) is 2.13. The lowest BCUT2D eigenvalue weighted by molar-refractivity contribution is 0.178. The van der Waals surface area contributed by atoms with Gasteiger partial charge in [-0.15, -0.1) is 0 Å². The van der Waals surface area contributed by atoms with E-state index in [9.17, 15) is 0 Å². The Labute approximate surface area is 56.1 Å². The highest BCUT2D eigenvalue weighted by atomic mass is 16.3. The number of hydrogen-bond acceptors (Lipinski definition) is 1. The Hall–Kier alpha value is -0.480. The van der Waals surface area contributed by atoms with Crippen molar-refractivity contribution in [2.75, 3.05) is 0 Å². The molecule has 1 aliphatic carbocycles. The maximum absolute atomic E-state index is 9.04. The maximum atomic E-state index is 9.04. The van der Waals surface area contributed by atoms with Crippen LogP contribution in [0.3, 0.4) is 0 Å². The summed E-state index contributed by atoms with van der Waals surface area (Å²) >= 11 is 0. The molecule has 0 aromatic heterocycles. The van der Waals surface area contributed by atoms with Crippen LogP contribution in [0.5, 0.6) is 0 Å². The van der Waals surface area contributed by atoms with Gasteiger partial charge in [-0.2, -0.15) is 0 Å². The average molecular weight is 123 g/mol. The Balaban J connectivity index is 2.24. The zero-order valence-electron chi connectivity index (χ0n) is 5.43. The molecule has 0 aliphatic heterocycles. The van der Waals surface area contributed by atoms with Gasteiger partial charge in [0.25, 0.3) is 0 Å². The standard InChI is InChI=1S/C8H11O/c1-2-3-7-4-5-8(9)6-7/h7-9H,3-6H2. The van der Waals surface area contributed by atoms with E-state index in [0.29, 0.717) is 5.92 Å². The number of rotatable bonds is 1. The van der Waals surface area contributed by atoms with Gasteiger partial charge in [-0.1, -0.05) is 5.92 Å². The van der Waals surface area contributed by atoms with Crippen LogP contribution >= 0.6 is 0 Å². The van der Waals surface area contributed by atoms with Crippen LogP contribution < -0.4 is 0 Å². The van der Waals surface area contributed by atoms with Crippen molar-refractivity contribution in [3.63, 3.8) is 0 Å². The molecule has 1 rings (SSSR count). The second-order valence-electron chi connectivity index (χ2n) is 2.71. The minimum absolute atomic E-state index is 0.0941. The molecule has 1 nitrogen and oxygen atoms in total. The van der Waals surface area contributed by atoms with Crippen LogP contribution in [0.4, 0.5) is 0 Å². The van der Waals surface area contributed by atoms with Crippen LogP contribution in [0.2, 0.25) is 0 Å². The van der Waals surface area contributed by atoms with E-state index in [4.69, 9.17) is 11.5 Å². The van der Waals surface area contributed by atoms with Crippen molar-refractivity contribution in [2.24, 2.45) is 5.92 Å². The zero-order chi connectivity index (χ0) is 6.69. The molecule has 1 saturated carbocycles. The highest BCUT2D eigenvalue weighted by Gasteiger charge is 2.21. The van der Waals surface area contributed by atoms with Gasteiger partial charge < -0.3 is 5.11 Å². The van der Waals surface area contributed by atoms with E-state index in [2.05, 4.69) is 5.92 Å². The second-order valence-corrected chi connectivity index (χ2v) is 2.71. The van der Waals surface area contributed by atoms with E-state index in [0.717, 1.165) is 25.7 Å². The van der Waals surface area contributed by atoms with E-state index in [-0.39, 0.29) is 6.10 Å². The summed E-state index contributed by atoms with van der Waals surface area (Å²) < 4.78 is 0. The summed E-state index contributed by atoms with van der Waals surface area (Å²) in [6.07, 6.45) is 10.2. The fourth-order valence-electron chi connectivity index (χ4n) is 1.38. The smallest absolute Gasteiger partial charge is 0.0543 e. The van der Waals surface area contributed by atoms with Gasteiger partial charge in [0.2, 0.25) is 0 Å². The Morgan fingerprint density at radius 2 is 2.33 bits per heavy atom. The molecule has 2 unspecified atom stereocenters. The molecule has 1 heteroatoms. The molecule has 1 fully saturated rings. The van der Waals surface area contributed by atoms with Crippen molar-refractivity contribution in [2.45, 2.75) is 31.8 Å². The van der Waals surface area contributed by atoms with E-state index in [1.165, 1.54) is 0 Å². The Morgan fingerprint density at radius 3 is 2.78 bits per heavy atom. The van der Waals surface area contributed by atoms with Gasteiger partial charge in [0.05, 0.1) is 6.10 Å². The van der Waals surface area contributed by atoms with Gasteiger partial charge in [-0.25, -0.2) is 0 Å². The molecule has 0 aromatic rings. The molecule has 9 heavy (non-hydrogen) atoms. The van der Waals surface area contributed by atoms with Crippen LogP contribution in [0.25, 0.3) is 0 Å². The van der Waals surface area contributed by atoms with E-state index in [1.807, 2.05) is 0 Å². The summed E-state index contributed by atoms with van der Waals surface area (Å²) in [5.41, 5.74) is 0.